The van der Waals surface area contributed by atoms with Crippen molar-refractivity contribution in [2.45, 2.75) is 19.5 Å². The summed E-state index contributed by atoms with van der Waals surface area (Å²) in [5, 5.41) is 4.92. The van der Waals surface area contributed by atoms with Crippen LogP contribution in [0.1, 0.15) is 24.2 Å². The molecule has 2 aromatic rings. The van der Waals surface area contributed by atoms with Crippen molar-refractivity contribution in [1.82, 2.24) is 15.2 Å². The van der Waals surface area contributed by atoms with E-state index in [0.29, 0.717) is 5.02 Å². The normalized spacial score (nSPS) is 12.7. The van der Waals surface area contributed by atoms with Crippen molar-refractivity contribution in [1.29, 1.82) is 0 Å². The molecule has 1 heterocycles. The molecular weight excluding hydrogens is 316 g/mol. The van der Waals surface area contributed by atoms with Crippen molar-refractivity contribution in [3.8, 4) is 0 Å². The quantitative estimate of drug-likeness (QED) is 0.670. The standard InChI is InChI=1S/C12H14BrClN4/c1-2-18-11(3-4-16-18)12(17-15)8-5-9(13)7-10(14)6-8/h3-7,12,17H,2,15H2,1H3. The molecule has 1 atom stereocenters. The largest absolute Gasteiger partial charge is 0.271 e. The Morgan fingerprint density at radius 2 is 2.28 bits per heavy atom. The van der Waals surface area contributed by atoms with Crippen LogP contribution in [-0.4, -0.2) is 9.78 Å². The molecule has 0 radical (unpaired) electrons. The number of hydrogen-bond acceptors (Lipinski definition) is 3. The lowest BCUT2D eigenvalue weighted by Crippen LogP contribution is -2.30. The smallest absolute Gasteiger partial charge is 0.0879 e. The van der Waals surface area contributed by atoms with E-state index in [4.69, 9.17) is 17.4 Å². The van der Waals surface area contributed by atoms with Gasteiger partial charge in [-0.15, -0.1) is 0 Å². The minimum atomic E-state index is -0.137. The number of hydrogen-bond donors (Lipinski definition) is 2. The third-order valence-corrected chi connectivity index (χ3v) is 3.41. The van der Waals surface area contributed by atoms with E-state index in [1.165, 1.54) is 0 Å². The second-order valence-corrected chi connectivity index (χ2v) is 5.23. The van der Waals surface area contributed by atoms with Gasteiger partial charge < -0.3 is 0 Å². The zero-order valence-electron chi connectivity index (χ0n) is 9.90. The summed E-state index contributed by atoms with van der Waals surface area (Å²) in [7, 11) is 0. The Bertz CT molecular complexity index is 520. The lowest BCUT2D eigenvalue weighted by atomic mass is 10.0. The molecule has 0 saturated carbocycles. The van der Waals surface area contributed by atoms with Gasteiger partial charge in [0.2, 0.25) is 0 Å². The maximum atomic E-state index is 6.07. The molecule has 96 valence electrons. The van der Waals surface area contributed by atoms with E-state index in [1.807, 2.05) is 35.9 Å². The van der Waals surface area contributed by atoms with E-state index < -0.39 is 0 Å². The van der Waals surface area contributed by atoms with E-state index in [-0.39, 0.29) is 6.04 Å². The molecule has 6 heteroatoms. The third kappa shape index (κ3) is 2.75. The molecule has 0 aliphatic rings. The number of benzene rings is 1. The minimum absolute atomic E-state index is 0.137. The van der Waals surface area contributed by atoms with Crippen LogP contribution in [0.2, 0.25) is 5.02 Å². The first-order chi connectivity index (χ1) is 8.65. The van der Waals surface area contributed by atoms with Crippen LogP contribution in [0.3, 0.4) is 0 Å². The fourth-order valence-corrected chi connectivity index (χ4v) is 2.83. The first-order valence-electron chi connectivity index (χ1n) is 5.59. The van der Waals surface area contributed by atoms with Crippen LogP contribution >= 0.6 is 27.5 Å². The number of aromatic nitrogens is 2. The number of rotatable bonds is 4. The fraction of sp³-hybridized carbons (Fsp3) is 0.250. The molecule has 0 aliphatic carbocycles. The number of halogens is 2. The molecule has 2 rings (SSSR count). The summed E-state index contributed by atoms with van der Waals surface area (Å²) >= 11 is 9.50. The van der Waals surface area contributed by atoms with Crippen LogP contribution in [0.5, 0.6) is 0 Å². The van der Waals surface area contributed by atoms with E-state index in [2.05, 4.69) is 26.5 Å². The molecule has 18 heavy (non-hydrogen) atoms. The first kappa shape index (κ1) is 13.5. The zero-order chi connectivity index (χ0) is 13.1. The van der Waals surface area contributed by atoms with E-state index in [9.17, 15) is 0 Å². The van der Waals surface area contributed by atoms with Gasteiger partial charge >= 0.3 is 0 Å². The Balaban J connectivity index is 2.45. The van der Waals surface area contributed by atoms with Gasteiger partial charge in [-0.1, -0.05) is 27.5 Å². The van der Waals surface area contributed by atoms with Crippen molar-refractivity contribution in [2.75, 3.05) is 0 Å². The van der Waals surface area contributed by atoms with Crippen LogP contribution in [0, 0.1) is 0 Å². The van der Waals surface area contributed by atoms with E-state index in [1.54, 1.807) is 6.20 Å². The molecule has 1 aromatic carbocycles. The Morgan fingerprint density at radius 3 is 2.89 bits per heavy atom. The summed E-state index contributed by atoms with van der Waals surface area (Å²) in [5.41, 5.74) is 4.81. The highest BCUT2D eigenvalue weighted by molar-refractivity contribution is 9.10. The average molecular weight is 330 g/mol. The average Bonchev–Trinajstić information content (AvgIpc) is 2.77. The monoisotopic (exact) mass is 328 g/mol. The van der Waals surface area contributed by atoms with Crippen LogP contribution in [-0.2, 0) is 6.54 Å². The SMILES string of the molecule is CCn1nccc1C(NN)c1cc(Cl)cc(Br)c1. The lowest BCUT2D eigenvalue weighted by molar-refractivity contribution is 0.543. The number of aryl methyl sites for hydroxylation is 1. The molecule has 0 amide bonds. The third-order valence-electron chi connectivity index (χ3n) is 2.73. The second-order valence-electron chi connectivity index (χ2n) is 3.87. The van der Waals surface area contributed by atoms with Crippen molar-refractivity contribution < 1.29 is 0 Å². The van der Waals surface area contributed by atoms with Gasteiger partial charge in [0.15, 0.2) is 0 Å². The van der Waals surface area contributed by atoms with Crippen LogP contribution < -0.4 is 11.3 Å². The minimum Gasteiger partial charge on any atom is -0.271 e. The van der Waals surface area contributed by atoms with Gasteiger partial charge in [-0.2, -0.15) is 5.10 Å². The number of hydrazine groups is 1. The van der Waals surface area contributed by atoms with Gasteiger partial charge in [0, 0.05) is 22.2 Å². The summed E-state index contributed by atoms with van der Waals surface area (Å²) < 4.78 is 2.83. The summed E-state index contributed by atoms with van der Waals surface area (Å²) in [6.07, 6.45) is 1.77. The molecule has 1 unspecified atom stereocenters. The van der Waals surface area contributed by atoms with Crippen molar-refractivity contribution >= 4 is 27.5 Å². The Labute approximate surface area is 119 Å². The summed E-state index contributed by atoms with van der Waals surface area (Å²) in [6, 6.07) is 7.54. The van der Waals surface area contributed by atoms with Crippen molar-refractivity contribution in [2.24, 2.45) is 5.84 Å². The summed E-state index contributed by atoms with van der Waals surface area (Å²) in [5.74, 6) is 5.67. The molecule has 0 saturated heterocycles. The highest BCUT2D eigenvalue weighted by atomic mass is 79.9. The van der Waals surface area contributed by atoms with Crippen molar-refractivity contribution in [3.63, 3.8) is 0 Å². The summed E-state index contributed by atoms with van der Waals surface area (Å²) in [4.78, 5) is 0. The van der Waals surface area contributed by atoms with Crippen molar-refractivity contribution in [3.05, 3.63) is 51.2 Å². The highest BCUT2D eigenvalue weighted by Gasteiger charge is 2.17. The van der Waals surface area contributed by atoms with E-state index >= 15 is 0 Å². The van der Waals surface area contributed by atoms with Crippen LogP contribution in [0.25, 0.3) is 0 Å². The van der Waals surface area contributed by atoms with Gasteiger partial charge in [0.1, 0.15) is 0 Å². The second kappa shape index (κ2) is 5.84. The molecule has 4 nitrogen and oxygen atoms in total. The van der Waals surface area contributed by atoms with Gasteiger partial charge in [-0.3, -0.25) is 10.5 Å². The summed E-state index contributed by atoms with van der Waals surface area (Å²) in [6.45, 7) is 2.83. The predicted molar refractivity (Wildman–Crippen MR) is 76.2 cm³/mol. The molecule has 1 aromatic heterocycles. The van der Waals surface area contributed by atoms with Crippen LogP contribution in [0.4, 0.5) is 0 Å². The maximum Gasteiger partial charge on any atom is 0.0879 e. The Morgan fingerprint density at radius 1 is 1.50 bits per heavy atom. The molecule has 3 N–H and O–H groups in total. The van der Waals surface area contributed by atoms with E-state index in [0.717, 1.165) is 22.3 Å². The molecule has 0 fully saturated rings. The molecule has 0 aliphatic heterocycles. The van der Waals surface area contributed by atoms with Gasteiger partial charge in [0.25, 0.3) is 0 Å². The number of nitrogens with two attached hydrogens (primary N) is 1. The van der Waals surface area contributed by atoms with Crippen LogP contribution in [0.15, 0.2) is 34.9 Å². The lowest BCUT2D eigenvalue weighted by Gasteiger charge is -2.18. The molecule has 0 bridgehead atoms. The first-order valence-corrected chi connectivity index (χ1v) is 6.76. The molecular formula is C12H14BrClN4. The maximum absolute atomic E-state index is 6.07. The number of nitrogens with zero attached hydrogens (tertiary/aromatic N) is 2. The fourth-order valence-electron chi connectivity index (χ4n) is 1.95. The number of nitrogens with one attached hydrogen (secondary N) is 1. The Hall–Kier alpha value is -0.880. The topological polar surface area (TPSA) is 55.9 Å². The highest BCUT2D eigenvalue weighted by Crippen LogP contribution is 2.27. The van der Waals surface area contributed by atoms with Gasteiger partial charge in [0.05, 0.1) is 11.7 Å². The predicted octanol–water partition coefficient (Wildman–Crippen LogP) is 2.87. The van der Waals surface area contributed by atoms with Gasteiger partial charge in [-0.05, 0) is 36.8 Å². The zero-order valence-corrected chi connectivity index (χ0v) is 12.2. The van der Waals surface area contributed by atoms with Gasteiger partial charge in [-0.25, -0.2) is 5.43 Å². The molecule has 0 spiro atoms. The Kier molecular flexibility index (Phi) is 4.40.